The fraction of sp³-hybridized carbons (Fsp3) is 0.412. The lowest BCUT2D eigenvalue weighted by Crippen LogP contribution is -2.50. The van der Waals surface area contributed by atoms with Crippen LogP contribution >= 0.6 is 23.2 Å². The van der Waals surface area contributed by atoms with Gasteiger partial charge in [-0.3, -0.25) is 4.79 Å². The highest BCUT2D eigenvalue weighted by Crippen LogP contribution is 2.27. The van der Waals surface area contributed by atoms with Crippen molar-refractivity contribution in [1.29, 1.82) is 0 Å². The van der Waals surface area contributed by atoms with Gasteiger partial charge in [0.1, 0.15) is 5.75 Å². The van der Waals surface area contributed by atoms with Gasteiger partial charge >= 0.3 is 0 Å². The topological polar surface area (TPSA) is 50.6 Å². The first-order valence-electron chi connectivity index (χ1n) is 8.20. The summed E-state index contributed by atoms with van der Waals surface area (Å²) >= 11 is 11.9. The molecule has 0 bridgehead atoms. The van der Waals surface area contributed by atoms with Gasteiger partial charge in [0.05, 0.1) is 5.02 Å². The third kappa shape index (κ3) is 4.19. The highest BCUT2D eigenvalue weighted by molar-refractivity contribution is 6.35. The van der Waals surface area contributed by atoms with Gasteiger partial charge in [-0.1, -0.05) is 23.2 Å². The molecule has 1 aromatic carbocycles. The molecule has 0 saturated carbocycles. The highest BCUT2D eigenvalue weighted by atomic mass is 35.5. The van der Waals surface area contributed by atoms with Crippen LogP contribution in [0.25, 0.3) is 0 Å². The number of hydrogen-bond acceptors (Lipinski definition) is 4. The van der Waals surface area contributed by atoms with Crippen LogP contribution in [0.1, 0.15) is 6.92 Å². The monoisotopic (exact) mass is 382 g/mol. The number of imidazole rings is 1. The van der Waals surface area contributed by atoms with Crippen molar-refractivity contribution in [3.63, 3.8) is 0 Å². The minimum Gasteiger partial charge on any atom is -0.482 e. The van der Waals surface area contributed by atoms with Crippen LogP contribution in [-0.4, -0.2) is 53.1 Å². The van der Waals surface area contributed by atoms with Crippen LogP contribution in [0, 0.1) is 0 Å². The zero-order valence-corrected chi connectivity index (χ0v) is 15.5. The van der Waals surface area contributed by atoms with E-state index in [4.69, 9.17) is 27.9 Å². The van der Waals surface area contributed by atoms with Gasteiger partial charge in [-0.2, -0.15) is 0 Å². The first-order valence-corrected chi connectivity index (χ1v) is 8.95. The van der Waals surface area contributed by atoms with Crippen molar-refractivity contribution < 1.29 is 9.53 Å². The summed E-state index contributed by atoms with van der Waals surface area (Å²) in [6.45, 7) is 5.73. The van der Waals surface area contributed by atoms with E-state index in [1.54, 1.807) is 29.3 Å². The Bertz CT molecular complexity index is 742. The van der Waals surface area contributed by atoms with E-state index in [-0.39, 0.29) is 12.5 Å². The average molecular weight is 383 g/mol. The average Bonchev–Trinajstić information content (AvgIpc) is 3.09. The van der Waals surface area contributed by atoms with E-state index in [1.165, 1.54) is 0 Å². The molecule has 1 aliphatic rings. The second-order valence-electron chi connectivity index (χ2n) is 5.74. The fourth-order valence-electron chi connectivity index (χ4n) is 2.81. The minimum absolute atomic E-state index is 0.0368. The van der Waals surface area contributed by atoms with Crippen molar-refractivity contribution in [3.05, 3.63) is 40.6 Å². The molecule has 1 saturated heterocycles. The van der Waals surface area contributed by atoms with Gasteiger partial charge in [0.25, 0.3) is 5.91 Å². The van der Waals surface area contributed by atoms with E-state index in [0.717, 1.165) is 25.6 Å². The standard InChI is InChI=1S/C17H20Cl2N4O2/c1-2-21-6-5-20-17(21)23-9-7-22(8-10-23)16(24)12-25-15-4-3-13(18)11-14(15)19/h3-6,11H,2,7-10,12H2,1H3. The van der Waals surface area contributed by atoms with Crippen molar-refractivity contribution in [2.24, 2.45) is 0 Å². The van der Waals surface area contributed by atoms with Crippen molar-refractivity contribution in [2.45, 2.75) is 13.5 Å². The Morgan fingerprint density at radius 2 is 2.00 bits per heavy atom. The van der Waals surface area contributed by atoms with Crippen LogP contribution in [-0.2, 0) is 11.3 Å². The molecule has 0 radical (unpaired) electrons. The molecule has 134 valence electrons. The summed E-state index contributed by atoms with van der Waals surface area (Å²) in [4.78, 5) is 20.8. The van der Waals surface area contributed by atoms with E-state index in [2.05, 4.69) is 21.4 Å². The van der Waals surface area contributed by atoms with Gasteiger partial charge in [0.2, 0.25) is 5.95 Å². The number of carbonyl (C=O) groups excluding carboxylic acids is 1. The highest BCUT2D eigenvalue weighted by Gasteiger charge is 2.23. The maximum atomic E-state index is 12.4. The summed E-state index contributed by atoms with van der Waals surface area (Å²) in [6, 6.07) is 4.94. The Kier molecular flexibility index (Phi) is 5.71. The molecule has 8 heteroatoms. The number of ether oxygens (including phenoxy) is 1. The van der Waals surface area contributed by atoms with Gasteiger partial charge in [0.15, 0.2) is 6.61 Å². The van der Waals surface area contributed by atoms with E-state index < -0.39 is 0 Å². The van der Waals surface area contributed by atoms with Crippen LogP contribution in [0.4, 0.5) is 5.95 Å². The quantitative estimate of drug-likeness (QED) is 0.797. The van der Waals surface area contributed by atoms with E-state index in [9.17, 15) is 4.79 Å². The molecular formula is C17H20Cl2N4O2. The van der Waals surface area contributed by atoms with Crippen LogP contribution in [0.15, 0.2) is 30.6 Å². The number of piperazine rings is 1. The van der Waals surface area contributed by atoms with Crippen molar-refractivity contribution in [3.8, 4) is 5.75 Å². The van der Waals surface area contributed by atoms with Crippen LogP contribution in [0.5, 0.6) is 5.75 Å². The predicted octanol–water partition coefficient (Wildman–Crippen LogP) is 2.94. The van der Waals surface area contributed by atoms with Crippen LogP contribution in [0.2, 0.25) is 10.0 Å². The Morgan fingerprint density at radius 1 is 1.24 bits per heavy atom. The lowest BCUT2D eigenvalue weighted by atomic mass is 10.3. The summed E-state index contributed by atoms with van der Waals surface area (Å²) in [5, 5.41) is 0.932. The first-order chi connectivity index (χ1) is 12.1. The van der Waals surface area contributed by atoms with Gasteiger partial charge < -0.3 is 19.1 Å². The van der Waals surface area contributed by atoms with Gasteiger partial charge in [-0.05, 0) is 25.1 Å². The number of halogens is 2. The Hall–Kier alpha value is -1.92. The Morgan fingerprint density at radius 3 is 2.68 bits per heavy atom. The lowest BCUT2D eigenvalue weighted by molar-refractivity contribution is -0.133. The number of benzene rings is 1. The largest absolute Gasteiger partial charge is 0.482 e. The molecule has 0 aliphatic carbocycles. The molecule has 1 aromatic heterocycles. The molecule has 0 atom stereocenters. The molecule has 3 rings (SSSR count). The predicted molar refractivity (Wildman–Crippen MR) is 98.7 cm³/mol. The summed E-state index contributed by atoms with van der Waals surface area (Å²) in [5.74, 6) is 1.37. The molecule has 1 aliphatic heterocycles. The number of amides is 1. The van der Waals surface area contributed by atoms with Crippen molar-refractivity contribution >= 4 is 35.1 Å². The van der Waals surface area contributed by atoms with Crippen molar-refractivity contribution in [1.82, 2.24) is 14.5 Å². The number of nitrogens with zero attached hydrogens (tertiary/aromatic N) is 4. The van der Waals surface area contributed by atoms with Crippen molar-refractivity contribution in [2.75, 3.05) is 37.7 Å². The molecule has 25 heavy (non-hydrogen) atoms. The SMILES string of the molecule is CCn1ccnc1N1CCN(C(=O)COc2ccc(Cl)cc2Cl)CC1. The number of carbonyl (C=O) groups is 1. The molecule has 2 heterocycles. The minimum atomic E-state index is -0.0514. The van der Waals surface area contributed by atoms with Crippen LogP contribution in [0.3, 0.4) is 0 Å². The fourth-order valence-corrected chi connectivity index (χ4v) is 3.27. The zero-order chi connectivity index (χ0) is 17.8. The number of rotatable bonds is 5. The van der Waals surface area contributed by atoms with Crippen LogP contribution < -0.4 is 9.64 Å². The summed E-state index contributed by atoms with van der Waals surface area (Å²) in [7, 11) is 0. The maximum absolute atomic E-state index is 12.4. The number of aryl methyl sites for hydroxylation is 1. The molecule has 1 fully saturated rings. The smallest absolute Gasteiger partial charge is 0.260 e. The molecule has 0 unspecified atom stereocenters. The normalized spacial score (nSPS) is 14.7. The maximum Gasteiger partial charge on any atom is 0.260 e. The van der Waals surface area contributed by atoms with Gasteiger partial charge in [-0.25, -0.2) is 4.98 Å². The zero-order valence-electron chi connectivity index (χ0n) is 14.0. The Balaban J connectivity index is 1.51. The number of anilines is 1. The third-order valence-electron chi connectivity index (χ3n) is 4.19. The molecule has 0 spiro atoms. The summed E-state index contributed by atoms with van der Waals surface area (Å²) in [6.07, 6.45) is 3.77. The van der Waals surface area contributed by atoms with Gasteiger partial charge in [-0.15, -0.1) is 0 Å². The van der Waals surface area contributed by atoms with E-state index in [0.29, 0.717) is 28.9 Å². The van der Waals surface area contributed by atoms with E-state index in [1.807, 2.05) is 6.20 Å². The Labute approximate surface area is 156 Å². The summed E-state index contributed by atoms with van der Waals surface area (Å²) < 4.78 is 7.63. The molecule has 2 aromatic rings. The second kappa shape index (κ2) is 7.97. The molecule has 0 N–H and O–H groups in total. The number of hydrogen-bond donors (Lipinski definition) is 0. The first kappa shape index (κ1) is 17.9. The summed E-state index contributed by atoms with van der Waals surface area (Å²) in [5.41, 5.74) is 0. The lowest BCUT2D eigenvalue weighted by Gasteiger charge is -2.35. The van der Waals surface area contributed by atoms with Gasteiger partial charge in [0, 0.05) is 50.1 Å². The number of aromatic nitrogens is 2. The molecular weight excluding hydrogens is 363 g/mol. The van der Waals surface area contributed by atoms with E-state index >= 15 is 0 Å². The molecule has 1 amide bonds. The third-order valence-corrected chi connectivity index (χ3v) is 4.72. The second-order valence-corrected chi connectivity index (χ2v) is 6.59. The molecule has 6 nitrogen and oxygen atoms in total.